The fraction of sp³-hybridized carbons (Fsp3) is 0.400. The van der Waals surface area contributed by atoms with Crippen LogP contribution in [0.1, 0.15) is 19.4 Å². The van der Waals surface area contributed by atoms with Crippen molar-refractivity contribution in [2.75, 3.05) is 7.11 Å². The predicted octanol–water partition coefficient (Wildman–Crippen LogP) is 1.48. The molecule has 5 nitrogen and oxygen atoms in total. The monoisotopic (exact) mass is 278 g/mol. The maximum absolute atomic E-state index is 11.2. The lowest BCUT2D eigenvalue weighted by Gasteiger charge is -2.25. The average Bonchev–Trinajstić information content (AvgIpc) is 2.37. The van der Waals surface area contributed by atoms with Crippen LogP contribution in [-0.4, -0.2) is 29.0 Å². The molecule has 1 atom stereocenters. The summed E-state index contributed by atoms with van der Waals surface area (Å²) in [5.41, 5.74) is -0.466. The van der Waals surface area contributed by atoms with Crippen LogP contribution >= 0.6 is 0 Å². The molecule has 1 aromatic heterocycles. The second-order valence-corrected chi connectivity index (χ2v) is 5.33. The van der Waals surface area contributed by atoms with Crippen LogP contribution in [0.2, 0.25) is 0 Å². The van der Waals surface area contributed by atoms with Crippen LogP contribution in [-0.2, 0) is 6.42 Å². The molecule has 0 aliphatic heterocycles. The second kappa shape index (κ2) is 5.26. The van der Waals surface area contributed by atoms with Crippen molar-refractivity contribution >= 4 is 11.0 Å². The number of methoxy groups -OCH3 is 1. The Morgan fingerprint density at radius 2 is 2.05 bits per heavy atom. The number of aliphatic hydroxyl groups excluding tert-OH is 1. The summed E-state index contributed by atoms with van der Waals surface area (Å²) in [4.78, 5) is 11.2. The Morgan fingerprint density at radius 3 is 2.65 bits per heavy atom. The molecule has 2 rings (SSSR count). The van der Waals surface area contributed by atoms with Crippen molar-refractivity contribution in [3.05, 3.63) is 40.2 Å². The van der Waals surface area contributed by atoms with Crippen LogP contribution in [0.5, 0.6) is 5.75 Å². The van der Waals surface area contributed by atoms with Gasteiger partial charge in [0.1, 0.15) is 11.3 Å². The molecule has 0 unspecified atom stereocenters. The first-order valence-corrected chi connectivity index (χ1v) is 6.32. The van der Waals surface area contributed by atoms with E-state index in [1.807, 2.05) is 0 Å². The molecular formula is C15H18O5. The van der Waals surface area contributed by atoms with Crippen molar-refractivity contribution in [3.8, 4) is 5.75 Å². The van der Waals surface area contributed by atoms with E-state index >= 15 is 0 Å². The lowest BCUT2D eigenvalue weighted by Crippen LogP contribution is -2.37. The summed E-state index contributed by atoms with van der Waals surface area (Å²) in [5, 5.41) is 20.5. The van der Waals surface area contributed by atoms with E-state index in [-0.39, 0.29) is 6.42 Å². The molecule has 0 saturated heterocycles. The molecule has 0 aliphatic rings. The molecule has 1 aromatic carbocycles. The standard InChI is InChI=1S/C15H18O5/c1-15(2,18)13(16)7-10-6-9-4-5-14(17)20-12(9)8-11(10)19-3/h4-6,8,13,16,18H,7H2,1-3H3/t13-/m0/s1. The minimum absolute atomic E-state index is 0.238. The molecule has 108 valence electrons. The Hall–Kier alpha value is -1.85. The third-order valence-electron chi connectivity index (χ3n) is 3.25. The maximum Gasteiger partial charge on any atom is 0.336 e. The van der Waals surface area contributed by atoms with E-state index in [9.17, 15) is 15.0 Å². The Morgan fingerprint density at radius 1 is 1.35 bits per heavy atom. The highest BCUT2D eigenvalue weighted by Crippen LogP contribution is 2.27. The maximum atomic E-state index is 11.2. The summed E-state index contributed by atoms with van der Waals surface area (Å²) in [6, 6.07) is 6.39. The Bertz CT molecular complexity index is 666. The molecule has 0 aliphatic carbocycles. The zero-order valence-electron chi connectivity index (χ0n) is 11.7. The van der Waals surface area contributed by atoms with E-state index in [2.05, 4.69) is 0 Å². The summed E-state index contributed by atoms with van der Waals surface area (Å²) in [6.07, 6.45) is -0.688. The minimum Gasteiger partial charge on any atom is -0.496 e. The molecule has 0 spiro atoms. The quantitative estimate of drug-likeness (QED) is 0.828. The molecule has 0 fully saturated rings. The number of benzene rings is 1. The van der Waals surface area contributed by atoms with E-state index in [4.69, 9.17) is 9.15 Å². The van der Waals surface area contributed by atoms with E-state index < -0.39 is 17.3 Å². The highest BCUT2D eigenvalue weighted by Gasteiger charge is 2.25. The van der Waals surface area contributed by atoms with Gasteiger partial charge in [-0.05, 0) is 31.5 Å². The molecule has 2 N–H and O–H groups in total. The topological polar surface area (TPSA) is 79.9 Å². The molecule has 0 bridgehead atoms. The van der Waals surface area contributed by atoms with Gasteiger partial charge in [0.2, 0.25) is 0 Å². The molecule has 5 heteroatoms. The van der Waals surface area contributed by atoms with Gasteiger partial charge in [-0.25, -0.2) is 4.79 Å². The number of aliphatic hydroxyl groups is 2. The minimum atomic E-state index is -1.21. The van der Waals surface area contributed by atoms with Crippen LogP contribution in [0.3, 0.4) is 0 Å². The fourth-order valence-electron chi connectivity index (χ4n) is 1.95. The summed E-state index contributed by atoms with van der Waals surface area (Å²) in [5.74, 6) is 0.509. The first-order chi connectivity index (χ1) is 9.31. The highest BCUT2D eigenvalue weighted by atomic mass is 16.5. The first-order valence-electron chi connectivity index (χ1n) is 6.32. The molecule has 20 heavy (non-hydrogen) atoms. The van der Waals surface area contributed by atoms with Gasteiger partial charge in [0.05, 0.1) is 18.8 Å². The van der Waals surface area contributed by atoms with Crippen molar-refractivity contribution in [1.82, 2.24) is 0 Å². The molecule has 0 saturated carbocycles. The number of rotatable bonds is 4. The van der Waals surface area contributed by atoms with Gasteiger partial charge < -0.3 is 19.4 Å². The lowest BCUT2D eigenvalue weighted by molar-refractivity contribution is -0.0471. The third-order valence-corrected chi connectivity index (χ3v) is 3.25. The van der Waals surface area contributed by atoms with Gasteiger partial charge in [0.25, 0.3) is 0 Å². The zero-order valence-corrected chi connectivity index (χ0v) is 11.7. The average molecular weight is 278 g/mol. The second-order valence-electron chi connectivity index (χ2n) is 5.33. The van der Waals surface area contributed by atoms with Gasteiger partial charge in [-0.3, -0.25) is 0 Å². The van der Waals surface area contributed by atoms with E-state index in [1.54, 1.807) is 32.0 Å². The number of hydrogen-bond donors (Lipinski definition) is 2. The SMILES string of the molecule is COc1cc2oc(=O)ccc2cc1C[C@H](O)C(C)(C)O. The van der Waals surface area contributed by atoms with Crippen molar-refractivity contribution in [2.24, 2.45) is 0 Å². The zero-order chi connectivity index (χ0) is 14.9. The molecule has 2 aromatic rings. The summed E-state index contributed by atoms with van der Waals surface area (Å²) in [7, 11) is 1.50. The van der Waals surface area contributed by atoms with E-state index in [1.165, 1.54) is 13.2 Å². The van der Waals surface area contributed by atoms with Crippen molar-refractivity contribution < 1.29 is 19.4 Å². The van der Waals surface area contributed by atoms with Crippen LogP contribution < -0.4 is 10.4 Å². The summed E-state index contributed by atoms with van der Waals surface area (Å²) < 4.78 is 10.3. The number of hydrogen-bond acceptors (Lipinski definition) is 5. The normalized spacial score (nSPS) is 13.4. The van der Waals surface area contributed by atoms with Gasteiger partial charge in [-0.15, -0.1) is 0 Å². The van der Waals surface area contributed by atoms with Gasteiger partial charge in [0.15, 0.2) is 0 Å². The molecule has 0 radical (unpaired) electrons. The van der Waals surface area contributed by atoms with Gasteiger partial charge in [0, 0.05) is 23.9 Å². The van der Waals surface area contributed by atoms with Crippen LogP contribution in [0.4, 0.5) is 0 Å². The van der Waals surface area contributed by atoms with Crippen molar-refractivity contribution in [2.45, 2.75) is 32.0 Å². The molecule has 0 amide bonds. The van der Waals surface area contributed by atoms with Crippen molar-refractivity contribution in [3.63, 3.8) is 0 Å². The van der Waals surface area contributed by atoms with Crippen molar-refractivity contribution in [1.29, 1.82) is 0 Å². The third kappa shape index (κ3) is 3.00. The Balaban J connectivity index is 2.47. The largest absolute Gasteiger partial charge is 0.496 e. The first kappa shape index (κ1) is 14.6. The van der Waals surface area contributed by atoms with Gasteiger partial charge >= 0.3 is 5.63 Å². The van der Waals surface area contributed by atoms with Crippen LogP contribution in [0, 0.1) is 0 Å². The van der Waals surface area contributed by atoms with E-state index in [0.717, 1.165) is 10.9 Å². The Labute approximate surface area is 116 Å². The number of ether oxygens (including phenoxy) is 1. The predicted molar refractivity (Wildman–Crippen MR) is 75.0 cm³/mol. The van der Waals surface area contributed by atoms with E-state index in [0.29, 0.717) is 11.3 Å². The fourth-order valence-corrected chi connectivity index (χ4v) is 1.95. The summed E-state index contributed by atoms with van der Waals surface area (Å²) >= 11 is 0. The van der Waals surface area contributed by atoms with Crippen LogP contribution in [0.25, 0.3) is 11.0 Å². The van der Waals surface area contributed by atoms with Gasteiger partial charge in [-0.1, -0.05) is 0 Å². The molecular weight excluding hydrogens is 260 g/mol. The van der Waals surface area contributed by atoms with Crippen LogP contribution in [0.15, 0.2) is 33.5 Å². The Kier molecular flexibility index (Phi) is 3.83. The highest BCUT2D eigenvalue weighted by molar-refractivity contribution is 5.79. The molecule has 1 heterocycles. The van der Waals surface area contributed by atoms with Gasteiger partial charge in [-0.2, -0.15) is 0 Å². The smallest absolute Gasteiger partial charge is 0.336 e. The lowest BCUT2D eigenvalue weighted by atomic mass is 9.94. The number of fused-ring (bicyclic) bond motifs is 1. The summed E-state index contributed by atoms with van der Waals surface area (Å²) in [6.45, 7) is 3.09.